The summed E-state index contributed by atoms with van der Waals surface area (Å²) in [5, 5.41) is 4.12. The van der Waals surface area contributed by atoms with Crippen LogP contribution in [0.5, 0.6) is 0 Å². The van der Waals surface area contributed by atoms with Crippen LogP contribution in [0, 0.1) is 6.92 Å². The average molecular weight is 202 g/mol. The number of Topliss-reactive ketones (excluding diaryl/α,β-unsaturated/α-hetero) is 1. The zero-order chi connectivity index (χ0) is 10.7. The highest BCUT2D eigenvalue weighted by molar-refractivity contribution is 6.41. The van der Waals surface area contributed by atoms with Crippen LogP contribution in [0.2, 0.25) is 0 Å². The molecule has 1 aromatic rings. The molecule has 1 saturated carbocycles. The summed E-state index contributed by atoms with van der Waals surface area (Å²) < 4.78 is 0. The Bertz CT molecular complexity index is 393. The molecule has 3 heteroatoms. The maximum atomic E-state index is 11.3. The van der Waals surface area contributed by atoms with Gasteiger partial charge in [-0.25, -0.2) is 0 Å². The van der Waals surface area contributed by atoms with Gasteiger partial charge in [0.1, 0.15) is 5.71 Å². The van der Waals surface area contributed by atoms with Crippen LogP contribution in [0.15, 0.2) is 29.4 Å². The van der Waals surface area contributed by atoms with E-state index >= 15 is 0 Å². The fourth-order valence-electron chi connectivity index (χ4n) is 1.58. The molecule has 0 bridgehead atoms. The lowest BCUT2D eigenvalue weighted by molar-refractivity contribution is -0.112. The summed E-state index contributed by atoms with van der Waals surface area (Å²) in [4.78, 5) is 11.3. The topological polar surface area (TPSA) is 41.5 Å². The van der Waals surface area contributed by atoms with Gasteiger partial charge in [0.15, 0.2) is 5.78 Å². The second-order valence-electron chi connectivity index (χ2n) is 3.81. The number of aryl methyl sites for hydroxylation is 1. The summed E-state index contributed by atoms with van der Waals surface area (Å²) in [6.45, 7) is 2.04. The number of nitrogens with one attached hydrogen (secondary N) is 1. The van der Waals surface area contributed by atoms with Crippen molar-refractivity contribution in [3.05, 3.63) is 29.8 Å². The van der Waals surface area contributed by atoms with Crippen molar-refractivity contribution < 1.29 is 4.79 Å². The lowest BCUT2D eigenvalue weighted by atomic mass is 10.2. The molecule has 1 aliphatic carbocycles. The van der Waals surface area contributed by atoms with Gasteiger partial charge in [-0.1, -0.05) is 17.7 Å². The minimum Gasteiger partial charge on any atom is -0.293 e. The van der Waals surface area contributed by atoms with Crippen LogP contribution in [0.25, 0.3) is 0 Å². The smallest absolute Gasteiger partial charge is 0.178 e. The van der Waals surface area contributed by atoms with Gasteiger partial charge < -0.3 is 0 Å². The normalized spacial score (nSPS) is 18.5. The number of hydrazone groups is 1. The number of benzene rings is 1. The Morgan fingerprint density at radius 2 is 1.93 bits per heavy atom. The zero-order valence-electron chi connectivity index (χ0n) is 8.79. The van der Waals surface area contributed by atoms with Crippen molar-refractivity contribution in [1.82, 2.24) is 0 Å². The second kappa shape index (κ2) is 4.26. The lowest BCUT2D eigenvalue weighted by Crippen LogP contribution is -2.07. The minimum absolute atomic E-state index is 0.176. The first-order chi connectivity index (χ1) is 7.25. The molecule has 0 radical (unpaired) electrons. The van der Waals surface area contributed by atoms with E-state index in [0.717, 1.165) is 18.5 Å². The highest BCUT2D eigenvalue weighted by atomic mass is 16.1. The van der Waals surface area contributed by atoms with Crippen LogP contribution in [-0.2, 0) is 4.79 Å². The summed E-state index contributed by atoms with van der Waals surface area (Å²) in [6.07, 6.45) is 2.39. The van der Waals surface area contributed by atoms with Crippen LogP contribution in [-0.4, -0.2) is 11.5 Å². The largest absolute Gasteiger partial charge is 0.293 e. The number of hydrogen-bond donors (Lipinski definition) is 1. The number of ketones is 1. The van der Waals surface area contributed by atoms with E-state index in [9.17, 15) is 4.79 Å². The standard InChI is InChI=1S/C12H14N2O/c1-9-5-7-10(8-6-9)13-14-11-3-2-4-12(11)15/h5-8,13H,2-4H2,1H3. The molecule has 3 nitrogen and oxygen atoms in total. The summed E-state index contributed by atoms with van der Waals surface area (Å²) >= 11 is 0. The minimum atomic E-state index is 0.176. The molecule has 1 fully saturated rings. The van der Waals surface area contributed by atoms with Crippen molar-refractivity contribution in [1.29, 1.82) is 0 Å². The molecule has 0 atom stereocenters. The molecular formula is C12H14N2O. The predicted octanol–water partition coefficient (Wildman–Crippen LogP) is 2.52. The van der Waals surface area contributed by atoms with Gasteiger partial charge in [0.05, 0.1) is 5.69 Å². The van der Waals surface area contributed by atoms with E-state index in [1.165, 1.54) is 5.56 Å². The molecule has 1 aromatic carbocycles. The van der Waals surface area contributed by atoms with Crippen molar-refractivity contribution >= 4 is 17.2 Å². The molecular weight excluding hydrogens is 188 g/mol. The number of rotatable bonds is 2. The molecule has 15 heavy (non-hydrogen) atoms. The van der Waals surface area contributed by atoms with Crippen LogP contribution < -0.4 is 5.43 Å². The van der Waals surface area contributed by atoms with E-state index in [1.54, 1.807) is 0 Å². The fourth-order valence-corrected chi connectivity index (χ4v) is 1.58. The van der Waals surface area contributed by atoms with Gasteiger partial charge in [0, 0.05) is 6.42 Å². The van der Waals surface area contributed by atoms with E-state index in [-0.39, 0.29) is 5.78 Å². The molecule has 0 amide bonds. The summed E-state index contributed by atoms with van der Waals surface area (Å²) in [5.41, 5.74) is 5.72. The quantitative estimate of drug-likeness (QED) is 0.749. The second-order valence-corrected chi connectivity index (χ2v) is 3.81. The van der Waals surface area contributed by atoms with Crippen molar-refractivity contribution in [2.75, 3.05) is 5.43 Å². The summed E-state index contributed by atoms with van der Waals surface area (Å²) in [5.74, 6) is 0.176. The van der Waals surface area contributed by atoms with E-state index in [1.807, 2.05) is 31.2 Å². The lowest BCUT2D eigenvalue weighted by Gasteiger charge is -2.01. The van der Waals surface area contributed by atoms with Crippen molar-refractivity contribution in [3.63, 3.8) is 0 Å². The Balaban J connectivity index is 2.03. The third-order valence-corrected chi connectivity index (χ3v) is 2.51. The summed E-state index contributed by atoms with van der Waals surface area (Å²) in [6, 6.07) is 7.94. The Hall–Kier alpha value is -1.64. The Morgan fingerprint density at radius 1 is 1.20 bits per heavy atom. The van der Waals surface area contributed by atoms with E-state index < -0.39 is 0 Å². The number of carbonyl (C=O) groups excluding carboxylic acids is 1. The van der Waals surface area contributed by atoms with Crippen LogP contribution in [0.3, 0.4) is 0 Å². The first-order valence-corrected chi connectivity index (χ1v) is 5.18. The first-order valence-electron chi connectivity index (χ1n) is 5.18. The Morgan fingerprint density at radius 3 is 2.53 bits per heavy atom. The highest BCUT2D eigenvalue weighted by Crippen LogP contribution is 2.13. The van der Waals surface area contributed by atoms with Crippen LogP contribution >= 0.6 is 0 Å². The molecule has 0 saturated heterocycles. The molecule has 2 rings (SSSR count). The average Bonchev–Trinajstić information content (AvgIpc) is 2.63. The molecule has 0 aliphatic heterocycles. The van der Waals surface area contributed by atoms with Gasteiger partial charge in [0.2, 0.25) is 0 Å². The predicted molar refractivity (Wildman–Crippen MR) is 61.1 cm³/mol. The van der Waals surface area contributed by atoms with Crippen molar-refractivity contribution in [2.24, 2.45) is 5.10 Å². The molecule has 0 aromatic heterocycles. The van der Waals surface area contributed by atoms with Gasteiger partial charge in [0.25, 0.3) is 0 Å². The summed E-state index contributed by atoms with van der Waals surface area (Å²) in [7, 11) is 0. The number of nitrogens with zero attached hydrogens (tertiary/aromatic N) is 1. The van der Waals surface area contributed by atoms with Gasteiger partial charge in [-0.2, -0.15) is 5.10 Å². The van der Waals surface area contributed by atoms with Crippen molar-refractivity contribution in [3.8, 4) is 0 Å². The molecule has 78 valence electrons. The number of carbonyl (C=O) groups is 1. The Kier molecular flexibility index (Phi) is 2.81. The third-order valence-electron chi connectivity index (χ3n) is 2.51. The fraction of sp³-hybridized carbons (Fsp3) is 0.333. The molecule has 0 heterocycles. The van der Waals surface area contributed by atoms with Gasteiger partial charge in [-0.3, -0.25) is 10.2 Å². The maximum absolute atomic E-state index is 11.3. The first kappa shape index (κ1) is 9.90. The van der Waals surface area contributed by atoms with Gasteiger partial charge >= 0.3 is 0 Å². The highest BCUT2D eigenvalue weighted by Gasteiger charge is 2.18. The van der Waals surface area contributed by atoms with Crippen molar-refractivity contribution in [2.45, 2.75) is 26.2 Å². The SMILES string of the molecule is Cc1ccc(NN=C2CCCC2=O)cc1. The molecule has 0 spiro atoms. The van der Waals surface area contributed by atoms with E-state index in [2.05, 4.69) is 10.5 Å². The molecule has 0 unspecified atom stereocenters. The monoisotopic (exact) mass is 202 g/mol. The third kappa shape index (κ3) is 2.43. The number of hydrogen-bond acceptors (Lipinski definition) is 3. The number of anilines is 1. The van der Waals surface area contributed by atoms with Gasteiger partial charge in [-0.15, -0.1) is 0 Å². The maximum Gasteiger partial charge on any atom is 0.178 e. The van der Waals surface area contributed by atoms with Gasteiger partial charge in [-0.05, 0) is 31.9 Å². The molecule has 1 N–H and O–H groups in total. The van der Waals surface area contributed by atoms with E-state index in [4.69, 9.17) is 0 Å². The van der Waals surface area contributed by atoms with Crippen LogP contribution in [0.4, 0.5) is 5.69 Å². The van der Waals surface area contributed by atoms with E-state index in [0.29, 0.717) is 12.1 Å². The Labute approximate surface area is 89.2 Å². The molecule has 1 aliphatic rings. The zero-order valence-corrected chi connectivity index (χ0v) is 8.79. The van der Waals surface area contributed by atoms with Crippen LogP contribution in [0.1, 0.15) is 24.8 Å².